The van der Waals surface area contributed by atoms with E-state index in [9.17, 15) is 9.59 Å². The van der Waals surface area contributed by atoms with Gasteiger partial charge in [0.25, 0.3) is 5.91 Å². The normalized spacial score (nSPS) is 10.4. The molecule has 1 aromatic carbocycles. The Hall–Kier alpha value is -1.30. The van der Waals surface area contributed by atoms with Gasteiger partial charge in [-0.2, -0.15) is 0 Å². The molecule has 0 saturated carbocycles. The number of anilines is 1. The Bertz CT molecular complexity index is 643. The van der Waals surface area contributed by atoms with E-state index in [2.05, 4.69) is 10.3 Å². The van der Waals surface area contributed by atoms with Gasteiger partial charge in [0.1, 0.15) is 4.88 Å². The smallest absolute Gasteiger partial charge is 0.305 e. The molecule has 0 fully saturated rings. The lowest BCUT2D eigenvalue weighted by Gasteiger charge is -2.08. The quantitative estimate of drug-likeness (QED) is 0.894. The van der Waals surface area contributed by atoms with Crippen molar-refractivity contribution in [2.75, 3.05) is 5.32 Å². The zero-order valence-electron chi connectivity index (χ0n) is 9.21. The van der Waals surface area contributed by atoms with Crippen molar-refractivity contribution in [1.29, 1.82) is 0 Å². The van der Waals surface area contributed by atoms with E-state index in [4.69, 9.17) is 23.2 Å². The number of aromatic nitrogens is 1. The number of carbonyl (C=O) groups is 1. The number of rotatable bonds is 2. The topological polar surface area (TPSA) is 62.0 Å². The molecule has 4 nitrogen and oxygen atoms in total. The summed E-state index contributed by atoms with van der Waals surface area (Å²) in [6.07, 6.45) is 0. The average Bonchev–Trinajstić information content (AvgIpc) is 2.63. The van der Waals surface area contributed by atoms with Crippen LogP contribution < -0.4 is 10.2 Å². The van der Waals surface area contributed by atoms with E-state index >= 15 is 0 Å². The zero-order valence-corrected chi connectivity index (χ0v) is 11.5. The second-order valence-corrected chi connectivity index (χ2v) is 5.32. The van der Waals surface area contributed by atoms with Gasteiger partial charge in [-0.15, -0.1) is 0 Å². The molecule has 0 aliphatic rings. The van der Waals surface area contributed by atoms with Crippen LogP contribution in [0.2, 0.25) is 10.0 Å². The predicted molar refractivity (Wildman–Crippen MR) is 74.1 cm³/mol. The summed E-state index contributed by atoms with van der Waals surface area (Å²) in [4.78, 5) is 25.7. The van der Waals surface area contributed by atoms with Crippen LogP contribution in [0.5, 0.6) is 0 Å². The third-order valence-corrected chi connectivity index (χ3v) is 3.85. The van der Waals surface area contributed by atoms with Crippen LogP contribution in [0.25, 0.3) is 0 Å². The second-order valence-electron chi connectivity index (χ2n) is 3.52. The molecular weight excluding hydrogens is 295 g/mol. The number of hydrogen-bond acceptors (Lipinski definition) is 3. The van der Waals surface area contributed by atoms with Crippen molar-refractivity contribution in [2.45, 2.75) is 6.92 Å². The summed E-state index contributed by atoms with van der Waals surface area (Å²) in [7, 11) is 0. The fraction of sp³-hybridized carbons (Fsp3) is 0.0909. The zero-order chi connectivity index (χ0) is 13.3. The number of thiazole rings is 1. The highest BCUT2D eigenvalue weighted by Gasteiger charge is 2.16. The van der Waals surface area contributed by atoms with Crippen molar-refractivity contribution < 1.29 is 4.79 Å². The van der Waals surface area contributed by atoms with Gasteiger partial charge in [-0.25, -0.2) is 0 Å². The first-order chi connectivity index (χ1) is 8.49. The molecule has 0 aliphatic carbocycles. The molecule has 1 heterocycles. The molecule has 0 saturated heterocycles. The van der Waals surface area contributed by atoms with Gasteiger partial charge in [-0.1, -0.05) is 40.6 Å². The fourth-order valence-corrected chi connectivity index (χ4v) is 2.64. The maximum Gasteiger partial charge on any atom is 0.305 e. The molecule has 2 N–H and O–H groups in total. The first-order valence-electron chi connectivity index (χ1n) is 4.94. The third kappa shape index (κ3) is 2.58. The highest BCUT2D eigenvalue weighted by molar-refractivity contribution is 7.11. The average molecular weight is 303 g/mol. The number of amides is 1. The monoisotopic (exact) mass is 302 g/mol. The van der Waals surface area contributed by atoms with E-state index in [0.717, 1.165) is 11.3 Å². The number of aryl methyl sites for hydroxylation is 1. The lowest BCUT2D eigenvalue weighted by Crippen LogP contribution is -2.12. The van der Waals surface area contributed by atoms with E-state index in [1.807, 2.05) is 0 Å². The van der Waals surface area contributed by atoms with Gasteiger partial charge in [0.05, 0.1) is 15.7 Å². The van der Waals surface area contributed by atoms with Gasteiger partial charge in [0, 0.05) is 5.69 Å². The van der Waals surface area contributed by atoms with Gasteiger partial charge < -0.3 is 10.3 Å². The summed E-state index contributed by atoms with van der Waals surface area (Å²) in [5, 5.41) is 3.29. The number of carbonyl (C=O) groups excluding carboxylic acids is 1. The Balaban J connectivity index is 2.32. The number of hydrogen-bond donors (Lipinski definition) is 2. The Morgan fingerprint density at radius 3 is 2.44 bits per heavy atom. The minimum atomic E-state index is -0.411. The van der Waals surface area contributed by atoms with Crippen LogP contribution in [0, 0.1) is 6.92 Å². The largest absolute Gasteiger partial charge is 0.319 e. The Kier molecular flexibility index (Phi) is 3.75. The minimum absolute atomic E-state index is 0.275. The maximum absolute atomic E-state index is 12.0. The molecule has 94 valence electrons. The van der Waals surface area contributed by atoms with Gasteiger partial charge in [-0.05, 0) is 19.1 Å². The van der Waals surface area contributed by atoms with Crippen molar-refractivity contribution >= 4 is 46.1 Å². The van der Waals surface area contributed by atoms with Gasteiger partial charge >= 0.3 is 4.87 Å². The van der Waals surface area contributed by atoms with E-state index in [1.54, 1.807) is 25.1 Å². The van der Waals surface area contributed by atoms with Crippen molar-refractivity contribution in [2.24, 2.45) is 0 Å². The lowest BCUT2D eigenvalue weighted by molar-refractivity contribution is 0.103. The van der Waals surface area contributed by atoms with Crippen LogP contribution in [0.1, 0.15) is 15.4 Å². The van der Waals surface area contributed by atoms with Crippen LogP contribution >= 0.6 is 34.5 Å². The summed E-state index contributed by atoms with van der Waals surface area (Å²) in [5.41, 5.74) is 0.858. The van der Waals surface area contributed by atoms with Crippen molar-refractivity contribution in [3.05, 3.63) is 48.5 Å². The van der Waals surface area contributed by atoms with Gasteiger partial charge in [-0.3, -0.25) is 9.59 Å². The summed E-state index contributed by atoms with van der Waals surface area (Å²) in [5.74, 6) is -0.411. The molecular formula is C11H8Cl2N2O2S. The molecule has 0 aliphatic heterocycles. The number of halogens is 2. The molecule has 2 rings (SSSR count). The van der Waals surface area contributed by atoms with Crippen molar-refractivity contribution in [3.8, 4) is 0 Å². The molecule has 1 amide bonds. The van der Waals surface area contributed by atoms with Crippen molar-refractivity contribution in [3.63, 3.8) is 0 Å². The van der Waals surface area contributed by atoms with E-state index in [-0.39, 0.29) is 4.87 Å². The lowest BCUT2D eigenvalue weighted by atomic mass is 10.3. The molecule has 1 aromatic heterocycles. The molecule has 0 atom stereocenters. The fourth-order valence-electron chi connectivity index (χ4n) is 1.41. The molecule has 18 heavy (non-hydrogen) atoms. The standard InChI is InChI=1S/C11H8Cl2N2O2S/c1-5-9(18-11(17)14-5)10(16)15-8-6(12)3-2-4-7(8)13/h2-4H,1H3,(H,14,17)(H,15,16). The highest BCUT2D eigenvalue weighted by Crippen LogP contribution is 2.30. The van der Waals surface area contributed by atoms with Crippen LogP contribution in [-0.4, -0.2) is 10.9 Å². The van der Waals surface area contributed by atoms with Crippen LogP contribution in [0.4, 0.5) is 5.69 Å². The molecule has 7 heteroatoms. The van der Waals surface area contributed by atoms with E-state index in [0.29, 0.717) is 26.3 Å². The number of para-hydroxylation sites is 1. The predicted octanol–water partition coefficient (Wildman–Crippen LogP) is 3.30. The number of nitrogens with one attached hydrogen (secondary N) is 2. The Morgan fingerprint density at radius 1 is 1.33 bits per heavy atom. The second kappa shape index (κ2) is 5.14. The molecule has 0 radical (unpaired) electrons. The van der Waals surface area contributed by atoms with Crippen molar-refractivity contribution in [1.82, 2.24) is 4.98 Å². The summed E-state index contributed by atoms with van der Waals surface area (Å²) >= 11 is 12.7. The number of aromatic amines is 1. The first kappa shape index (κ1) is 13.1. The molecule has 2 aromatic rings. The Morgan fingerprint density at radius 2 is 1.94 bits per heavy atom. The molecule has 0 unspecified atom stereocenters. The highest BCUT2D eigenvalue weighted by atomic mass is 35.5. The minimum Gasteiger partial charge on any atom is -0.319 e. The van der Waals surface area contributed by atoms with Crippen LogP contribution in [0.3, 0.4) is 0 Å². The van der Waals surface area contributed by atoms with Gasteiger partial charge in [0.15, 0.2) is 0 Å². The van der Waals surface area contributed by atoms with Crippen LogP contribution in [0.15, 0.2) is 23.0 Å². The van der Waals surface area contributed by atoms with Crippen LogP contribution in [-0.2, 0) is 0 Å². The SMILES string of the molecule is Cc1[nH]c(=O)sc1C(=O)Nc1c(Cl)cccc1Cl. The summed E-state index contributed by atoms with van der Waals surface area (Å²) in [6.45, 7) is 1.65. The first-order valence-corrected chi connectivity index (χ1v) is 6.51. The van der Waals surface area contributed by atoms with Gasteiger partial charge in [0.2, 0.25) is 0 Å². The molecule has 0 spiro atoms. The summed E-state index contributed by atoms with van der Waals surface area (Å²) < 4.78 is 0. The maximum atomic E-state index is 12.0. The number of benzene rings is 1. The van der Waals surface area contributed by atoms with E-state index in [1.165, 1.54) is 0 Å². The van der Waals surface area contributed by atoms with E-state index < -0.39 is 5.91 Å². The molecule has 0 bridgehead atoms. The number of H-pyrrole nitrogens is 1. The summed E-state index contributed by atoms with van der Waals surface area (Å²) in [6, 6.07) is 4.92. The Labute approximate surface area is 117 Å². The third-order valence-electron chi connectivity index (χ3n) is 2.23.